The lowest BCUT2D eigenvalue weighted by Crippen LogP contribution is -2.27. The molecule has 0 saturated carbocycles. The van der Waals surface area contributed by atoms with Gasteiger partial charge in [0.25, 0.3) is 0 Å². The van der Waals surface area contributed by atoms with Gasteiger partial charge in [-0.1, -0.05) is 29.3 Å². The molecule has 0 aliphatic carbocycles. The van der Waals surface area contributed by atoms with Crippen LogP contribution in [-0.2, 0) is 10.0 Å². The summed E-state index contributed by atoms with van der Waals surface area (Å²) >= 11 is 11.9. The van der Waals surface area contributed by atoms with Crippen molar-refractivity contribution >= 4 is 33.2 Å². The van der Waals surface area contributed by atoms with Crippen molar-refractivity contribution < 1.29 is 12.8 Å². The quantitative estimate of drug-likeness (QED) is 0.901. The third-order valence-electron chi connectivity index (χ3n) is 2.88. The molecule has 0 heterocycles. The van der Waals surface area contributed by atoms with E-state index >= 15 is 0 Å². The first-order valence-corrected chi connectivity index (χ1v) is 8.26. The molecule has 112 valence electrons. The van der Waals surface area contributed by atoms with E-state index in [1.165, 1.54) is 12.1 Å². The van der Waals surface area contributed by atoms with Gasteiger partial charge in [-0.15, -0.1) is 0 Å². The highest BCUT2D eigenvalue weighted by Crippen LogP contribution is 2.27. The highest BCUT2D eigenvalue weighted by atomic mass is 35.5. The summed E-state index contributed by atoms with van der Waals surface area (Å²) in [6.45, 7) is 1.66. The van der Waals surface area contributed by atoms with E-state index in [2.05, 4.69) is 4.72 Å². The molecule has 0 aromatic heterocycles. The summed E-state index contributed by atoms with van der Waals surface area (Å²) in [5.74, 6) is -0.497. The van der Waals surface area contributed by atoms with Gasteiger partial charge in [0.05, 0.1) is 4.90 Å². The molecule has 0 unspecified atom stereocenters. The van der Waals surface area contributed by atoms with Crippen molar-refractivity contribution in [3.63, 3.8) is 0 Å². The Kier molecular flexibility index (Phi) is 4.88. The van der Waals surface area contributed by atoms with E-state index in [9.17, 15) is 12.8 Å². The van der Waals surface area contributed by atoms with Gasteiger partial charge in [-0.05, 0) is 48.9 Å². The minimum absolute atomic E-state index is 0.0131. The van der Waals surface area contributed by atoms with Gasteiger partial charge in [-0.2, -0.15) is 0 Å². The van der Waals surface area contributed by atoms with E-state index in [-0.39, 0.29) is 4.90 Å². The van der Waals surface area contributed by atoms with E-state index in [4.69, 9.17) is 23.2 Å². The molecule has 1 atom stereocenters. The summed E-state index contributed by atoms with van der Waals surface area (Å²) in [4.78, 5) is -0.0131. The second-order valence-electron chi connectivity index (χ2n) is 4.46. The first kappa shape index (κ1) is 16.2. The fraction of sp³-hybridized carbons (Fsp3) is 0.143. The topological polar surface area (TPSA) is 46.2 Å². The van der Waals surface area contributed by atoms with Crippen LogP contribution in [0.1, 0.15) is 18.5 Å². The van der Waals surface area contributed by atoms with Crippen molar-refractivity contribution in [2.24, 2.45) is 0 Å². The SMILES string of the molecule is C[C@@H](NS(=O)(=O)c1ccc(F)cc1)c1ccc(Cl)cc1Cl. The normalized spacial score (nSPS) is 13.1. The van der Waals surface area contributed by atoms with Crippen molar-refractivity contribution in [3.8, 4) is 0 Å². The summed E-state index contributed by atoms with van der Waals surface area (Å²) in [7, 11) is -3.76. The lowest BCUT2D eigenvalue weighted by molar-refractivity contribution is 0.566. The molecule has 2 rings (SSSR count). The Hall–Kier alpha value is -1.14. The molecular weight excluding hydrogens is 336 g/mol. The van der Waals surface area contributed by atoms with Crippen molar-refractivity contribution in [2.75, 3.05) is 0 Å². The number of hydrogen-bond donors (Lipinski definition) is 1. The predicted octanol–water partition coefficient (Wildman–Crippen LogP) is 4.17. The summed E-state index contributed by atoms with van der Waals surface area (Å²) in [6.07, 6.45) is 0. The summed E-state index contributed by atoms with van der Waals surface area (Å²) < 4.78 is 39.7. The number of halogens is 3. The van der Waals surface area contributed by atoms with Crippen molar-refractivity contribution in [2.45, 2.75) is 17.9 Å². The number of nitrogens with one attached hydrogen (secondary N) is 1. The lowest BCUT2D eigenvalue weighted by atomic mass is 10.1. The molecule has 2 aromatic carbocycles. The van der Waals surface area contributed by atoms with Gasteiger partial charge in [0.15, 0.2) is 0 Å². The monoisotopic (exact) mass is 347 g/mol. The lowest BCUT2D eigenvalue weighted by Gasteiger charge is -2.16. The van der Waals surface area contributed by atoms with Crippen LogP contribution < -0.4 is 4.72 Å². The molecule has 0 bridgehead atoms. The second-order valence-corrected chi connectivity index (χ2v) is 7.02. The maximum Gasteiger partial charge on any atom is 0.241 e. The molecule has 0 spiro atoms. The number of benzene rings is 2. The Morgan fingerprint density at radius 2 is 1.71 bits per heavy atom. The summed E-state index contributed by atoms with van der Waals surface area (Å²) in [5.41, 5.74) is 0.603. The third-order valence-corrected chi connectivity index (χ3v) is 5.00. The largest absolute Gasteiger partial charge is 0.241 e. The van der Waals surface area contributed by atoms with Crippen LogP contribution in [0.4, 0.5) is 4.39 Å². The molecule has 0 fully saturated rings. The Labute approximate surface area is 132 Å². The molecule has 0 aliphatic rings. The van der Waals surface area contributed by atoms with E-state index in [0.717, 1.165) is 12.1 Å². The van der Waals surface area contributed by atoms with Crippen molar-refractivity contribution in [3.05, 3.63) is 63.9 Å². The average molecular weight is 348 g/mol. The fourth-order valence-electron chi connectivity index (χ4n) is 1.83. The van der Waals surface area contributed by atoms with Crippen LogP contribution >= 0.6 is 23.2 Å². The highest BCUT2D eigenvalue weighted by Gasteiger charge is 2.19. The van der Waals surface area contributed by atoms with E-state index < -0.39 is 21.9 Å². The standard InChI is InChI=1S/C14H12Cl2FNO2S/c1-9(13-7-2-10(15)8-14(13)16)18-21(19,20)12-5-3-11(17)4-6-12/h2-9,18H,1H3/t9-/m1/s1. The molecular formula is C14H12Cl2FNO2S. The third kappa shape index (κ3) is 3.95. The zero-order valence-corrected chi connectivity index (χ0v) is 13.3. The first-order chi connectivity index (χ1) is 9.79. The minimum Gasteiger partial charge on any atom is -0.207 e. The van der Waals surface area contributed by atoms with E-state index in [1.54, 1.807) is 25.1 Å². The van der Waals surface area contributed by atoms with Gasteiger partial charge in [-0.25, -0.2) is 17.5 Å². The highest BCUT2D eigenvalue weighted by molar-refractivity contribution is 7.89. The molecule has 21 heavy (non-hydrogen) atoms. The van der Waals surface area contributed by atoms with Gasteiger partial charge < -0.3 is 0 Å². The van der Waals surface area contributed by atoms with Gasteiger partial charge >= 0.3 is 0 Å². The molecule has 2 aromatic rings. The average Bonchev–Trinajstić information content (AvgIpc) is 2.38. The maximum absolute atomic E-state index is 12.8. The van der Waals surface area contributed by atoms with Crippen LogP contribution in [0.25, 0.3) is 0 Å². The van der Waals surface area contributed by atoms with Crippen LogP contribution in [-0.4, -0.2) is 8.42 Å². The molecule has 0 amide bonds. The first-order valence-electron chi connectivity index (χ1n) is 6.02. The van der Waals surface area contributed by atoms with Gasteiger partial charge in [-0.3, -0.25) is 0 Å². The van der Waals surface area contributed by atoms with Crippen LogP contribution in [0.2, 0.25) is 10.0 Å². The molecule has 7 heteroatoms. The number of rotatable bonds is 4. The predicted molar refractivity (Wildman–Crippen MR) is 81.6 cm³/mol. The van der Waals surface area contributed by atoms with E-state index in [1.807, 2.05) is 0 Å². The van der Waals surface area contributed by atoms with Gasteiger partial charge in [0.1, 0.15) is 5.82 Å². The zero-order valence-electron chi connectivity index (χ0n) is 11.0. The van der Waals surface area contributed by atoms with Crippen LogP contribution in [0.5, 0.6) is 0 Å². The molecule has 0 aliphatic heterocycles. The fourth-order valence-corrected chi connectivity index (χ4v) is 3.63. The molecule has 0 radical (unpaired) electrons. The molecule has 1 N–H and O–H groups in total. The summed E-state index contributed by atoms with van der Waals surface area (Å²) in [5, 5.41) is 0.842. The van der Waals surface area contributed by atoms with Gasteiger partial charge in [0, 0.05) is 16.1 Å². The van der Waals surface area contributed by atoms with Gasteiger partial charge in [0.2, 0.25) is 10.0 Å². The molecule has 0 saturated heterocycles. The minimum atomic E-state index is -3.76. The second kappa shape index (κ2) is 6.32. The molecule has 3 nitrogen and oxygen atoms in total. The van der Waals surface area contributed by atoms with Crippen molar-refractivity contribution in [1.29, 1.82) is 0 Å². The van der Waals surface area contributed by atoms with Crippen LogP contribution in [0.15, 0.2) is 47.4 Å². The number of hydrogen-bond acceptors (Lipinski definition) is 2. The van der Waals surface area contributed by atoms with Crippen LogP contribution in [0, 0.1) is 5.82 Å². The summed E-state index contributed by atoms with van der Waals surface area (Å²) in [6, 6.07) is 8.87. The number of sulfonamides is 1. The zero-order chi connectivity index (χ0) is 15.6. The smallest absolute Gasteiger partial charge is 0.207 e. The Bertz CT molecular complexity index is 748. The van der Waals surface area contributed by atoms with E-state index in [0.29, 0.717) is 15.6 Å². The van der Waals surface area contributed by atoms with Crippen molar-refractivity contribution in [1.82, 2.24) is 4.72 Å². The Balaban J connectivity index is 2.25. The van der Waals surface area contributed by atoms with Crippen LogP contribution in [0.3, 0.4) is 0 Å². The Morgan fingerprint density at radius 1 is 1.10 bits per heavy atom. The maximum atomic E-state index is 12.8. The Morgan fingerprint density at radius 3 is 2.29 bits per heavy atom.